The van der Waals surface area contributed by atoms with Gasteiger partial charge in [0.05, 0.1) is 17.4 Å². The standard InChI is InChI=1S/C20H22N4O4S2/c1-11(25)29-19(4)16(27)15-14(13-6-22-10-23-7-13)18(3,9-21)8-20(15,30-12(2)26)17(28)24(19)5/h6-7,10,14-15H,8H2,1-5H3/t14-,15?,18-,19+,20-/m1/s1. The molecule has 2 heterocycles. The van der Waals surface area contributed by atoms with Gasteiger partial charge in [-0.1, -0.05) is 23.5 Å². The highest BCUT2D eigenvalue weighted by Crippen LogP contribution is 2.65. The number of hydrogen-bond acceptors (Lipinski definition) is 9. The second-order valence-corrected chi connectivity index (χ2v) is 11.2. The van der Waals surface area contributed by atoms with Gasteiger partial charge in [-0.25, -0.2) is 9.97 Å². The number of likely N-dealkylation sites (N-methyl/N-ethyl adjacent to an activating group) is 1. The molecule has 1 unspecified atom stereocenters. The number of carbonyl (C=O) groups is 4. The molecular formula is C20H22N4O4S2. The monoisotopic (exact) mass is 446 g/mol. The van der Waals surface area contributed by atoms with Gasteiger partial charge in [0.2, 0.25) is 5.91 Å². The maximum absolute atomic E-state index is 14.0. The lowest BCUT2D eigenvalue weighted by atomic mass is 9.71. The second-order valence-electron chi connectivity index (χ2n) is 8.12. The summed E-state index contributed by atoms with van der Waals surface area (Å²) in [6.45, 7) is 5.92. The van der Waals surface area contributed by atoms with E-state index in [0.717, 1.165) is 23.5 Å². The third kappa shape index (κ3) is 3.15. The number of nitrogens with zero attached hydrogens (tertiary/aromatic N) is 4. The minimum atomic E-state index is -1.44. The van der Waals surface area contributed by atoms with E-state index in [1.165, 1.54) is 44.5 Å². The molecule has 1 amide bonds. The fourth-order valence-electron chi connectivity index (χ4n) is 4.84. The first kappa shape index (κ1) is 22.4. The molecule has 0 bridgehead atoms. The molecule has 2 aliphatic rings. The van der Waals surface area contributed by atoms with Gasteiger partial charge in [0, 0.05) is 39.2 Å². The maximum Gasteiger partial charge on any atom is 0.241 e. The zero-order valence-electron chi connectivity index (χ0n) is 17.3. The molecule has 158 valence electrons. The third-order valence-corrected chi connectivity index (χ3v) is 8.45. The zero-order chi connectivity index (χ0) is 22.5. The van der Waals surface area contributed by atoms with Gasteiger partial charge in [0.15, 0.2) is 20.9 Å². The van der Waals surface area contributed by atoms with Gasteiger partial charge in [-0.15, -0.1) is 0 Å². The highest BCUT2D eigenvalue weighted by molar-refractivity contribution is 8.16. The smallest absolute Gasteiger partial charge is 0.241 e. The van der Waals surface area contributed by atoms with Gasteiger partial charge in [-0.05, 0) is 25.8 Å². The van der Waals surface area contributed by atoms with Crippen LogP contribution in [0.2, 0.25) is 0 Å². The van der Waals surface area contributed by atoms with E-state index in [0.29, 0.717) is 5.56 Å². The summed E-state index contributed by atoms with van der Waals surface area (Å²) in [6, 6.07) is 2.29. The Balaban J connectivity index is 2.30. The molecule has 0 N–H and O–H groups in total. The molecule has 1 aromatic rings. The summed E-state index contributed by atoms with van der Waals surface area (Å²) in [6.07, 6.45) is 4.44. The van der Waals surface area contributed by atoms with Gasteiger partial charge in [0.1, 0.15) is 11.1 Å². The van der Waals surface area contributed by atoms with Crippen LogP contribution in [-0.4, -0.2) is 53.5 Å². The van der Waals surface area contributed by atoms with E-state index in [1.54, 1.807) is 13.8 Å². The summed E-state index contributed by atoms with van der Waals surface area (Å²) in [5.41, 5.74) is -0.561. The highest BCUT2D eigenvalue weighted by Gasteiger charge is 2.73. The van der Waals surface area contributed by atoms with Crippen molar-refractivity contribution in [1.29, 1.82) is 5.26 Å². The molecule has 3 rings (SSSR count). The zero-order valence-corrected chi connectivity index (χ0v) is 19.0. The Hall–Kier alpha value is -2.25. The number of likely N-dealkylation sites (tertiary alicyclic amines) is 1. The van der Waals surface area contributed by atoms with E-state index < -0.39 is 32.8 Å². The molecule has 8 nitrogen and oxygen atoms in total. The molecule has 0 radical (unpaired) electrons. The van der Waals surface area contributed by atoms with Crippen LogP contribution in [0.25, 0.3) is 0 Å². The minimum absolute atomic E-state index is 0.0285. The number of Topliss-reactive ketones (excluding diaryl/α,β-unsaturated/α-hetero) is 1. The SMILES string of the molecule is CC(=O)S[C@]12C[C@](C)(C#N)[C@H](c3cncnc3)C1C(=O)[C@](C)(SC(C)=O)N(C)C2=O. The number of hydrogen-bond donors (Lipinski definition) is 0. The topological polar surface area (TPSA) is 121 Å². The first-order valence-electron chi connectivity index (χ1n) is 9.31. The Kier molecular flexibility index (Phi) is 5.58. The van der Waals surface area contributed by atoms with Crippen molar-refractivity contribution in [2.75, 3.05) is 7.05 Å². The number of nitriles is 1. The van der Waals surface area contributed by atoms with Crippen LogP contribution >= 0.6 is 23.5 Å². The molecule has 10 heteroatoms. The molecule has 1 aliphatic carbocycles. The van der Waals surface area contributed by atoms with Crippen molar-refractivity contribution in [3.05, 3.63) is 24.3 Å². The Bertz CT molecular complexity index is 981. The molecule has 0 spiro atoms. The number of carbonyl (C=O) groups excluding carboxylic acids is 4. The summed E-state index contributed by atoms with van der Waals surface area (Å²) < 4.78 is -1.43. The van der Waals surface area contributed by atoms with Crippen LogP contribution in [0.4, 0.5) is 0 Å². The van der Waals surface area contributed by atoms with E-state index in [9.17, 15) is 24.4 Å². The minimum Gasteiger partial charge on any atom is -0.323 e. The van der Waals surface area contributed by atoms with Crippen molar-refractivity contribution in [3.8, 4) is 6.07 Å². The third-order valence-electron chi connectivity index (χ3n) is 6.06. The normalized spacial score (nSPS) is 35.7. The second kappa shape index (κ2) is 7.46. The van der Waals surface area contributed by atoms with E-state index in [4.69, 9.17) is 0 Å². The summed E-state index contributed by atoms with van der Waals surface area (Å²) in [7, 11) is 1.47. The van der Waals surface area contributed by atoms with Gasteiger partial charge in [-0.3, -0.25) is 19.2 Å². The van der Waals surface area contributed by atoms with Crippen molar-refractivity contribution in [3.63, 3.8) is 0 Å². The Morgan fingerprint density at radius 3 is 2.20 bits per heavy atom. The van der Waals surface area contributed by atoms with Crippen LogP contribution in [0.3, 0.4) is 0 Å². The average molecular weight is 447 g/mol. The Morgan fingerprint density at radius 2 is 1.70 bits per heavy atom. The number of aromatic nitrogens is 2. The first-order chi connectivity index (χ1) is 13.9. The van der Waals surface area contributed by atoms with E-state index >= 15 is 0 Å². The van der Waals surface area contributed by atoms with Crippen LogP contribution in [0, 0.1) is 22.7 Å². The predicted octanol–water partition coefficient (Wildman–Crippen LogP) is 2.17. The lowest BCUT2D eigenvalue weighted by molar-refractivity contribution is -0.151. The van der Waals surface area contributed by atoms with Gasteiger partial charge < -0.3 is 4.90 Å². The fourth-order valence-corrected chi connectivity index (χ4v) is 7.33. The van der Waals surface area contributed by atoms with Crippen molar-refractivity contribution in [2.24, 2.45) is 11.3 Å². The molecule has 1 aromatic heterocycles. The highest BCUT2D eigenvalue weighted by atomic mass is 32.2. The van der Waals surface area contributed by atoms with Crippen molar-refractivity contribution in [2.45, 2.75) is 49.7 Å². The maximum atomic E-state index is 14.0. The number of fused-ring (bicyclic) bond motifs is 1. The van der Waals surface area contributed by atoms with Crippen LogP contribution in [0.15, 0.2) is 18.7 Å². The number of rotatable bonds is 3. The largest absolute Gasteiger partial charge is 0.323 e. The van der Waals surface area contributed by atoms with Crippen molar-refractivity contribution < 1.29 is 19.2 Å². The lowest BCUT2D eigenvalue weighted by Crippen LogP contribution is -2.67. The fraction of sp³-hybridized carbons (Fsp3) is 0.550. The lowest BCUT2D eigenvalue weighted by Gasteiger charge is -2.50. The van der Waals surface area contributed by atoms with Crippen molar-refractivity contribution in [1.82, 2.24) is 14.9 Å². The summed E-state index contributed by atoms with van der Waals surface area (Å²) in [4.78, 5) is 59.7. The van der Waals surface area contributed by atoms with Crippen LogP contribution in [-0.2, 0) is 19.2 Å². The molecular weight excluding hydrogens is 424 g/mol. The van der Waals surface area contributed by atoms with Crippen LogP contribution < -0.4 is 0 Å². The molecule has 2 fully saturated rings. The Labute approximate surface area is 183 Å². The van der Waals surface area contributed by atoms with Crippen molar-refractivity contribution >= 4 is 45.4 Å². The molecule has 1 saturated carbocycles. The van der Waals surface area contributed by atoms with Crippen LogP contribution in [0.5, 0.6) is 0 Å². The van der Waals surface area contributed by atoms with E-state index in [2.05, 4.69) is 16.0 Å². The summed E-state index contributed by atoms with van der Waals surface area (Å²) in [5, 5.41) is 9.46. The quantitative estimate of drug-likeness (QED) is 0.687. The van der Waals surface area contributed by atoms with Crippen LogP contribution in [0.1, 0.15) is 45.6 Å². The van der Waals surface area contributed by atoms with Gasteiger partial charge in [0.25, 0.3) is 0 Å². The first-order valence-corrected chi connectivity index (χ1v) is 10.9. The summed E-state index contributed by atoms with van der Waals surface area (Å²) >= 11 is 1.59. The Morgan fingerprint density at radius 1 is 1.13 bits per heavy atom. The molecule has 30 heavy (non-hydrogen) atoms. The molecule has 1 aliphatic heterocycles. The average Bonchev–Trinajstić information content (AvgIpc) is 2.94. The van der Waals surface area contributed by atoms with Gasteiger partial charge in [-0.2, -0.15) is 5.26 Å². The van der Waals surface area contributed by atoms with Gasteiger partial charge >= 0.3 is 0 Å². The molecule has 1 saturated heterocycles. The molecule has 0 aromatic carbocycles. The number of piperidine rings is 1. The summed E-state index contributed by atoms with van der Waals surface area (Å²) in [5.74, 6) is -2.47. The molecule has 5 atom stereocenters. The number of thioether (sulfide) groups is 2. The van der Waals surface area contributed by atoms with E-state index in [1.807, 2.05) is 0 Å². The predicted molar refractivity (Wildman–Crippen MR) is 112 cm³/mol. The number of ketones is 1. The van der Waals surface area contributed by atoms with E-state index in [-0.39, 0.29) is 22.4 Å². The number of amides is 1.